The van der Waals surface area contributed by atoms with E-state index in [-0.39, 0.29) is 6.61 Å². The second-order valence-corrected chi connectivity index (χ2v) is 5.38. The standard InChI is InChI=1S/C11H13ClNO3P/c1-3-16-10(14)11(2,12)13-17(15)9-7-5-4-6-8-9/h4-8H,3H2,1-2H3. The maximum absolute atomic E-state index is 11.9. The van der Waals surface area contributed by atoms with Crippen LogP contribution in [0.4, 0.5) is 0 Å². The van der Waals surface area contributed by atoms with Gasteiger partial charge in [0.25, 0.3) is 5.00 Å². The van der Waals surface area contributed by atoms with Gasteiger partial charge >= 0.3 is 5.97 Å². The molecule has 0 saturated carbocycles. The number of halogens is 1. The van der Waals surface area contributed by atoms with Crippen LogP contribution >= 0.6 is 19.5 Å². The minimum absolute atomic E-state index is 0.207. The Morgan fingerprint density at radius 1 is 1.53 bits per heavy atom. The lowest BCUT2D eigenvalue weighted by Gasteiger charge is -2.12. The lowest BCUT2D eigenvalue weighted by atomic mass is 10.4. The molecule has 4 nitrogen and oxygen atoms in total. The Morgan fingerprint density at radius 3 is 2.65 bits per heavy atom. The van der Waals surface area contributed by atoms with Gasteiger partial charge in [-0.3, -0.25) is 0 Å². The van der Waals surface area contributed by atoms with Gasteiger partial charge in [-0.05, 0) is 26.0 Å². The quantitative estimate of drug-likeness (QED) is 0.363. The van der Waals surface area contributed by atoms with E-state index in [2.05, 4.69) is 4.74 Å². The van der Waals surface area contributed by atoms with Gasteiger partial charge < -0.3 is 9.63 Å². The third-order valence-electron chi connectivity index (χ3n) is 1.90. The first-order valence-corrected chi connectivity index (χ1v) is 6.67. The molecule has 0 aliphatic heterocycles. The van der Waals surface area contributed by atoms with Crippen molar-refractivity contribution >= 4 is 30.8 Å². The molecule has 17 heavy (non-hydrogen) atoms. The zero-order valence-electron chi connectivity index (χ0n) is 9.59. The van der Waals surface area contributed by atoms with Gasteiger partial charge in [0.05, 0.1) is 6.61 Å². The summed E-state index contributed by atoms with van der Waals surface area (Å²) >= 11 is 5.89. The lowest BCUT2D eigenvalue weighted by molar-refractivity contribution is -0.155. The number of nitrogens with zero attached hydrogens (tertiary/aromatic N) is 1. The van der Waals surface area contributed by atoms with Crippen LogP contribution < -0.4 is 10.2 Å². The maximum atomic E-state index is 11.9. The molecule has 92 valence electrons. The topological polar surface area (TPSA) is 61.7 Å². The van der Waals surface area contributed by atoms with E-state index >= 15 is 0 Å². The first kappa shape index (κ1) is 14.1. The number of benzene rings is 1. The van der Waals surface area contributed by atoms with E-state index in [0.717, 1.165) is 0 Å². The molecular weight excluding hydrogens is 261 g/mol. The molecule has 6 heteroatoms. The normalized spacial score (nSPS) is 15.2. The highest BCUT2D eigenvalue weighted by atomic mass is 35.5. The van der Waals surface area contributed by atoms with Crippen LogP contribution in [0.25, 0.3) is 0 Å². The molecule has 0 fully saturated rings. The minimum Gasteiger partial charge on any atom is -0.607 e. The highest BCUT2D eigenvalue weighted by Crippen LogP contribution is 2.27. The molecule has 0 amide bonds. The number of alkyl halides is 1. The molecule has 1 aromatic carbocycles. The summed E-state index contributed by atoms with van der Waals surface area (Å²) in [6, 6.07) is 8.63. The molecular formula is C11H13ClNO3P. The fraction of sp³-hybridized carbons (Fsp3) is 0.364. The molecule has 0 aromatic heterocycles. The van der Waals surface area contributed by atoms with Gasteiger partial charge in [-0.25, -0.2) is 4.79 Å². The predicted octanol–water partition coefficient (Wildman–Crippen LogP) is 1.77. The lowest BCUT2D eigenvalue weighted by Crippen LogP contribution is -2.29. The molecule has 0 aliphatic carbocycles. The third kappa shape index (κ3) is 4.08. The van der Waals surface area contributed by atoms with Gasteiger partial charge in [0, 0.05) is 0 Å². The summed E-state index contributed by atoms with van der Waals surface area (Å²) < 4.78 is 8.55. The van der Waals surface area contributed by atoms with E-state index in [1.807, 2.05) is 0 Å². The van der Waals surface area contributed by atoms with Crippen LogP contribution in [0.2, 0.25) is 0 Å². The van der Waals surface area contributed by atoms with Gasteiger partial charge in [-0.2, -0.15) is 0 Å². The molecule has 1 rings (SSSR count). The number of rotatable bonds is 4. The minimum atomic E-state index is -2.06. The van der Waals surface area contributed by atoms with Crippen molar-refractivity contribution in [2.45, 2.75) is 18.8 Å². The van der Waals surface area contributed by atoms with Gasteiger partial charge in [0.1, 0.15) is 0 Å². The molecule has 2 atom stereocenters. The number of ether oxygens (including phenoxy) is 1. The van der Waals surface area contributed by atoms with Crippen LogP contribution in [0.15, 0.2) is 35.1 Å². The molecule has 0 radical (unpaired) electrons. The second kappa shape index (κ2) is 6.10. The molecule has 0 spiro atoms. The van der Waals surface area contributed by atoms with Crippen LogP contribution in [0.3, 0.4) is 0 Å². The fourth-order valence-corrected chi connectivity index (χ4v) is 2.31. The van der Waals surface area contributed by atoms with Crippen LogP contribution in [0, 0.1) is 0 Å². The van der Waals surface area contributed by atoms with Crippen molar-refractivity contribution in [2.75, 3.05) is 6.61 Å². The van der Waals surface area contributed by atoms with E-state index in [1.54, 1.807) is 37.3 Å². The fourth-order valence-electron chi connectivity index (χ4n) is 1.09. The van der Waals surface area contributed by atoms with Crippen molar-refractivity contribution in [2.24, 2.45) is 4.74 Å². The molecule has 0 bridgehead atoms. The maximum Gasteiger partial charge on any atom is 0.353 e. The number of hydrogen-bond acceptors (Lipinski definition) is 4. The molecule has 2 unspecified atom stereocenters. The SMILES string of the molecule is CCOC(=O)C(C)(Cl)/N=[P+](\[O-])c1ccccc1. The number of hydrogen-bond donors (Lipinski definition) is 0. The third-order valence-corrected chi connectivity index (χ3v) is 3.58. The number of esters is 1. The molecule has 1 aromatic rings. The summed E-state index contributed by atoms with van der Waals surface area (Å²) in [5.41, 5.74) is 0. The van der Waals surface area contributed by atoms with Crippen molar-refractivity contribution < 1.29 is 14.4 Å². The Bertz CT molecular complexity index is 420. The zero-order chi connectivity index (χ0) is 12.9. The van der Waals surface area contributed by atoms with Crippen LogP contribution in [0.5, 0.6) is 0 Å². The number of carbonyl (C=O) groups is 1. The summed E-state index contributed by atoms with van der Waals surface area (Å²) in [6.45, 7) is 3.24. The van der Waals surface area contributed by atoms with Gasteiger partial charge in [0.2, 0.25) is 7.94 Å². The first-order valence-electron chi connectivity index (χ1n) is 5.08. The van der Waals surface area contributed by atoms with Crippen LogP contribution in [-0.2, 0) is 9.53 Å². The summed E-state index contributed by atoms with van der Waals surface area (Å²) in [4.78, 5) is 21.7. The van der Waals surface area contributed by atoms with Gasteiger partial charge in [-0.1, -0.05) is 34.5 Å². The second-order valence-electron chi connectivity index (χ2n) is 3.38. The predicted molar refractivity (Wildman–Crippen MR) is 66.3 cm³/mol. The average molecular weight is 274 g/mol. The molecule has 0 saturated heterocycles. The van der Waals surface area contributed by atoms with Crippen molar-refractivity contribution in [1.82, 2.24) is 0 Å². The van der Waals surface area contributed by atoms with E-state index < -0.39 is 18.9 Å². The Kier molecular flexibility index (Phi) is 5.06. The van der Waals surface area contributed by atoms with E-state index in [9.17, 15) is 9.69 Å². The zero-order valence-corrected chi connectivity index (χ0v) is 11.2. The van der Waals surface area contributed by atoms with Crippen molar-refractivity contribution in [3.8, 4) is 0 Å². The van der Waals surface area contributed by atoms with Gasteiger partial charge in [-0.15, -0.1) is 0 Å². The Labute approximate surface area is 106 Å². The summed E-state index contributed by atoms with van der Waals surface area (Å²) in [5, 5.41) is 0.527. The average Bonchev–Trinajstić information content (AvgIpc) is 2.30. The van der Waals surface area contributed by atoms with E-state index in [0.29, 0.717) is 5.30 Å². The smallest absolute Gasteiger partial charge is 0.353 e. The van der Waals surface area contributed by atoms with Crippen molar-refractivity contribution in [3.05, 3.63) is 30.3 Å². The Morgan fingerprint density at radius 2 is 2.12 bits per heavy atom. The Hall–Kier alpha value is -0.960. The van der Waals surface area contributed by atoms with Crippen LogP contribution in [-0.4, -0.2) is 17.6 Å². The molecule has 0 aliphatic rings. The van der Waals surface area contributed by atoms with E-state index in [1.165, 1.54) is 6.92 Å². The Balaban J connectivity index is 2.91. The monoisotopic (exact) mass is 273 g/mol. The molecule has 0 heterocycles. The summed E-state index contributed by atoms with van der Waals surface area (Å²) in [5.74, 6) is -0.694. The first-order chi connectivity index (χ1) is 7.97. The van der Waals surface area contributed by atoms with Gasteiger partial charge in [0.15, 0.2) is 5.30 Å². The van der Waals surface area contributed by atoms with Crippen molar-refractivity contribution in [1.29, 1.82) is 0 Å². The summed E-state index contributed by atoms with van der Waals surface area (Å²) in [6.07, 6.45) is 0. The largest absolute Gasteiger partial charge is 0.607 e. The van der Waals surface area contributed by atoms with Crippen LogP contribution in [0.1, 0.15) is 13.8 Å². The summed E-state index contributed by atoms with van der Waals surface area (Å²) in [7, 11) is -2.06. The highest BCUT2D eigenvalue weighted by molar-refractivity contribution is 7.48. The highest BCUT2D eigenvalue weighted by Gasteiger charge is 2.35. The van der Waals surface area contributed by atoms with Crippen molar-refractivity contribution in [3.63, 3.8) is 0 Å². The molecule has 0 N–H and O–H groups in total. The number of carbonyl (C=O) groups excluding carboxylic acids is 1. The van der Waals surface area contributed by atoms with E-state index in [4.69, 9.17) is 16.3 Å².